The minimum Gasteiger partial charge on any atom is -0.375 e. The zero-order chi connectivity index (χ0) is 28.0. The Balaban J connectivity index is 0.000000382. The van der Waals surface area contributed by atoms with E-state index in [4.69, 9.17) is 9.47 Å². The van der Waals surface area contributed by atoms with E-state index >= 15 is 0 Å². The molecule has 9 nitrogen and oxygen atoms in total. The van der Waals surface area contributed by atoms with Crippen LogP contribution >= 0.6 is 0 Å². The molecule has 5 aromatic rings. The lowest BCUT2D eigenvalue weighted by molar-refractivity contribution is -0.256. The van der Waals surface area contributed by atoms with Crippen LogP contribution in [-0.4, -0.2) is 53.8 Å². The summed E-state index contributed by atoms with van der Waals surface area (Å²) >= 11 is 0. The van der Waals surface area contributed by atoms with Crippen LogP contribution in [0.4, 0.5) is 0 Å². The second kappa shape index (κ2) is 8.79. The second-order valence-corrected chi connectivity index (χ2v) is 11.6. The van der Waals surface area contributed by atoms with Crippen molar-refractivity contribution < 1.29 is 19.1 Å². The molecule has 2 amide bonds. The first kappa shape index (κ1) is 24.8. The van der Waals surface area contributed by atoms with E-state index in [1.165, 1.54) is 0 Å². The molecule has 3 N–H and O–H groups in total. The molecule has 3 aromatic carbocycles. The van der Waals surface area contributed by atoms with Crippen molar-refractivity contribution in [3.8, 4) is 0 Å². The minimum absolute atomic E-state index is 0.00357. The van der Waals surface area contributed by atoms with Gasteiger partial charge in [0.05, 0.1) is 27.6 Å². The van der Waals surface area contributed by atoms with Crippen molar-refractivity contribution in [2.24, 2.45) is 0 Å². The molecule has 6 heterocycles. The molecule has 2 fully saturated rings. The summed E-state index contributed by atoms with van der Waals surface area (Å²) in [6.45, 7) is 3.57. The van der Waals surface area contributed by atoms with Gasteiger partial charge in [-0.3, -0.25) is 9.59 Å². The van der Waals surface area contributed by atoms with Gasteiger partial charge in [-0.05, 0) is 38.1 Å². The van der Waals surface area contributed by atoms with Crippen molar-refractivity contribution in [1.82, 2.24) is 25.1 Å². The monoisotopic (exact) mass is 551 g/mol. The first-order valence-corrected chi connectivity index (χ1v) is 14.4. The molecule has 9 rings (SSSR count). The zero-order valence-electron chi connectivity index (χ0n) is 23.4. The normalized spacial score (nSPS) is 26.4. The van der Waals surface area contributed by atoms with Gasteiger partial charge in [0, 0.05) is 60.6 Å². The maximum Gasteiger partial charge on any atom is 0.252 e. The average Bonchev–Trinajstić information content (AvgIpc) is 3.75. The number of nitrogens with one attached hydrogen (secondary N) is 3. The number of benzene rings is 3. The Bertz CT molecular complexity index is 1910. The fourth-order valence-electron chi connectivity index (χ4n) is 7.90. The summed E-state index contributed by atoms with van der Waals surface area (Å²) in [5.41, 5.74) is 5.51. The summed E-state index contributed by atoms with van der Waals surface area (Å²) < 4.78 is 18.0. The highest BCUT2D eigenvalue weighted by Crippen LogP contribution is 2.53. The van der Waals surface area contributed by atoms with E-state index in [1.807, 2.05) is 7.05 Å². The van der Waals surface area contributed by atoms with Crippen LogP contribution in [0.3, 0.4) is 0 Å². The largest absolute Gasteiger partial charge is 0.375 e. The van der Waals surface area contributed by atoms with E-state index in [0.29, 0.717) is 6.54 Å². The van der Waals surface area contributed by atoms with Crippen LogP contribution in [0.5, 0.6) is 0 Å². The van der Waals surface area contributed by atoms with Crippen molar-refractivity contribution in [2.45, 2.75) is 56.8 Å². The number of carbonyl (C=O) groups is 2. The molecule has 0 unspecified atom stereocenters. The van der Waals surface area contributed by atoms with Crippen LogP contribution in [0.15, 0.2) is 48.5 Å². The summed E-state index contributed by atoms with van der Waals surface area (Å²) in [6.07, 6.45) is 2.10. The van der Waals surface area contributed by atoms with E-state index in [1.54, 1.807) is 7.11 Å². The van der Waals surface area contributed by atoms with E-state index in [-0.39, 0.29) is 30.2 Å². The lowest BCUT2D eigenvalue weighted by Gasteiger charge is -2.48. The van der Waals surface area contributed by atoms with Crippen molar-refractivity contribution in [3.63, 3.8) is 0 Å². The molecule has 4 aliphatic heterocycles. The Hall–Kier alpha value is -3.92. The first-order chi connectivity index (χ1) is 20.0. The minimum atomic E-state index is -0.760. The number of carbonyl (C=O) groups excluding carboxylic acids is 2. The molecule has 0 aliphatic carbocycles. The maximum absolute atomic E-state index is 13.3. The van der Waals surface area contributed by atoms with Crippen LogP contribution in [0.1, 0.15) is 48.3 Å². The number of aromatic nitrogens is 2. The van der Waals surface area contributed by atoms with Crippen molar-refractivity contribution in [2.75, 3.05) is 20.7 Å². The Labute approximate surface area is 236 Å². The lowest BCUT2D eigenvalue weighted by atomic mass is 9.93. The van der Waals surface area contributed by atoms with Crippen molar-refractivity contribution >= 4 is 55.4 Å². The molecule has 4 aliphatic rings. The lowest BCUT2D eigenvalue weighted by Crippen LogP contribution is -2.59. The SMILES string of the molecule is CN[C@H]1C[C@@H]2O[C@](C)([C@H]1OC)n1c3ccccc3c3c4c(c5c6ccccc6n2c5c31)C(=O)NC4.O=C1CCCN1. The molecule has 9 heteroatoms. The van der Waals surface area contributed by atoms with Gasteiger partial charge in [-0.15, -0.1) is 0 Å². The molecule has 0 spiro atoms. The quantitative estimate of drug-likeness (QED) is 0.305. The van der Waals surface area contributed by atoms with Crippen LogP contribution in [0, 0.1) is 0 Å². The number of fused-ring (bicyclic) bond motifs is 13. The van der Waals surface area contributed by atoms with E-state index in [9.17, 15) is 9.59 Å². The number of ether oxygens (including phenoxy) is 2. The Morgan fingerprint density at radius 3 is 2.39 bits per heavy atom. The third-order valence-electron chi connectivity index (χ3n) is 9.50. The van der Waals surface area contributed by atoms with E-state index in [2.05, 4.69) is 80.5 Å². The molecule has 4 atom stereocenters. The van der Waals surface area contributed by atoms with Gasteiger partial charge < -0.3 is 34.6 Å². The van der Waals surface area contributed by atoms with Crippen molar-refractivity contribution in [1.29, 1.82) is 0 Å². The fourth-order valence-corrected chi connectivity index (χ4v) is 7.90. The van der Waals surface area contributed by atoms with Gasteiger partial charge in [0.25, 0.3) is 5.91 Å². The molecule has 2 aromatic heterocycles. The maximum atomic E-state index is 13.3. The molecular weight excluding hydrogens is 518 g/mol. The predicted octanol–water partition coefficient (Wildman–Crippen LogP) is 4.25. The number of amides is 2. The predicted molar refractivity (Wildman–Crippen MR) is 158 cm³/mol. The molecule has 2 saturated heterocycles. The van der Waals surface area contributed by atoms with Gasteiger partial charge in [0.1, 0.15) is 12.3 Å². The number of nitrogens with zero attached hydrogens (tertiary/aromatic N) is 2. The summed E-state index contributed by atoms with van der Waals surface area (Å²) in [5.74, 6) is 0.207. The molecule has 41 heavy (non-hydrogen) atoms. The third-order valence-corrected chi connectivity index (χ3v) is 9.50. The number of rotatable bonds is 2. The van der Waals surface area contributed by atoms with Gasteiger partial charge in [-0.25, -0.2) is 0 Å². The molecule has 2 bridgehead atoms. The second-order valence-electron chi connectivity index (χ2n) is 11.6. The van der Waals surface area contributed by atoms with Gasteiger partial charge in [-0.2, -0.15) is 0 Å². The van der Waals surface area contributed by atoms with Crippen LogP contribution in [0.25, 0.3) is 43.6 Å². The molecular formula is C32H33N5O4. The van der Waals surface area contributed by atoms with E-state index < -0.39 is 5.72 Å². The highest BCUT2D eigenvalue weighted by atomic mass is 16.6. The summed E-state index contributed by atoms with van der Waals surface area (Å²) in [7, 11) is 3.77. The van der Waals surface area contributed by atoms with E-state index in [0.717, 1.165) is 80.5 Å². The standard InChI is InChI=1S/C28H26N4O3.C4H7NO/c1-28-26(34-3)17(29-2)12-20(35-28)31-18-10-6-4-8-14(18)22-23-16(13-30-27(23)33)21-15-9-5-7-11-19(15)32(28)25(21)24(22)31;6-4-2-1-3-5-4/h4-11,17,20,26,29H,12-13H2,1-3H3,(H,30,33);1-3H2,(H,5,6)/t17-,20-,26-,28+;/m0./s1. The van der Waals surface area contributed by atoms with Gasteiger partial charge in [-0.1, -0.05) is 36.4 Å². The average molecular weight is 552 g/mol. The topological polar surface area (TPSA) is 98.6 Å². The fraction of sp³-hybridized carbons (Fsp3) is 0.375. The van der Waals surface area contributed by atoms with Crippen molar-refractivity contribution in [3.05, 3.63) is 59.7 Å². The smallest absolute Gasteiger partial charge is 0.252 e. The summed E-state index contributed by atoms with van der Waals surface area (Å²) in [4.78, 5) is 23.5. The number of hydrogen-bond donors (Lipinski definition) is 3. The Morgan fingerprint density at radius 2 is 1.73 bits per heavy atom. The number of likely N-dealkylation sites (N-methyl/N-ethyl adjacent to an activating group) is 1. The van der Waals surface area contributed by atoms with Gasteiger partial charge in [0.2, 0.25) is 5.91 Å². The van der Waals surface area contributed by atoms with Gasteiger partial charge >= 0.3 is 0 Å². The third kappa shape index (κ3) is 3.16. The van der Waals surface area contributed by atoms with Crippen LogP contribution < -0.4 is 16.0 Å². The van der Waals surface area contributed by atoms with Gasteiger partial charge in [0.15, 0.2) is 5.72 Å². The highest BCUT2D eigenvalue weighted by molar-refractivity contribution is 6.31. The molecule has 0 saturated carbocycles. The summed E-state index contributed by atoms with van der Waals surface area (Å²) in [5, 5.41) is 13.7. The molecule has 210 valence electrons. The number of hydrogen-bond acceptors (Lipinski definition) is 5. The highest BCUT2D eigenvalue weighted by Gasteiger charge is 2.53. The number of para-hydroxylation sites is 2. The Kier molecular flexibility index (Phi) is 5.32. The Morgan fingerprint density at radius 1 is 1.00 bits per heavy atom. The first-order valence-electron chi connectivity index (χ1n) is 14.4. The summed E-state index contributed by atoms with van der Waals surface area (Å²) in [6, 6.07) is 17.0. The van der Waals surface area contributed by atoms with Crippen LogP contribution in [-0.2, 0) is 26.5 Å². The van der Waals surface area contributed by atoms with Crippen LogP contribution in [0.2, 0.25) is 0 Å². The molecule has 0 radical (unpaired) electrons. The zero-order valence-corrected chi connectivity index (χ0v) is 23.4. The number of methoxy groups -OCH3 is 1.